The number of carbonyl (C=O) groups is 2. The van der Waals surface area contributed by atoms with E-state index in [1.807, 2.05) is 0 Å². The third kappa shape index (κ3) is 16.5. The van der Waals surface area contributed by atoms with Crippen LogP contribution in [0.3, 0.4) is 0 Å². The molecule has 0 aromatic rings. The summed E-state index contributed by atoms with van der Waals surface area (Å²) >= 11 is 0. The molecule has 0 heterocycles. The summed E-state index contributed by atoms with van der Waals surface area (Å²) in [6.45, 7) is 3.84. The van der Waals surface area contributed by atoms with Crippen LogP contribution in [0.15, 0.2) is 0 Å². The van der Waals surface area contributed by atoms with Crippen LogP contribution in [0.25, 0.3) is 0 Å². The third-order valence-corrected chi connectivity index (χ3v) is 5.10. The molecule has 0 aliphatic heterocycles. The van der Waals surface area contributed by atoms with Gasteiger partial charge in [0.15, 0.2) is 5.25 Å². The van der Waals surface area contributed by atoms with Crippen molar-refractivity contribution in [3.8, 4) is 0 Å². The van der Waals surface area contributed by atoms with Crippen LogP contribution in [0.1, 0.15) is 84.5 Å². The summed E-state index contributed by atoms with van der Waals surface area (Å²) in [6.07, 6.45) is 10.8. The van der Waals surface area contributed by atoms with Gasteiger partial charge in [0.05, 0.1) is 19.6 Å². The number of carbonyl (C=O) groups excluding carboxylic acids is 2. The van der Waals surface area contributed by atoms with E-state index < -0.39 is 33.7 Å². The Hall–Kier alpha value is -0.150. The Balaban J connectivity index is 0. The van der Waals surface area contributed by atoms with Crippen LogP contribution in [0.4, 0.5) is 0 Å². The Morgan fingerprint density at radius 3 is 1.78 bits per heavy atom. The van der Waals surface area contributed by atoms with Crippen LogP contribution in [-0.4, -0.2) is 72.9 Å². The van der Waals surface area contributed by atoms with E-state index in [1.54, 1.807) is 0 Å². The second-order valence-corrected chi connectivity index (χ2v) is 7.96. The van der Waals surface area contributed by atoms with Gasteiger partial charge in [-0.25, -0.2) is 0 Å². The second kappa shape index (κ2) is 17.9. The zero-order valence-electron chi connectivity index (χ0n) is 17.1. The number of ether oxygens (including phenoxy) is 2. The van der Waals surface area contributed by atoms with E-state index in [0.29, 0.717) is 6.42 Å². The molecule has 7 nitrogen and oxygen atoms in total. The predicted octanol–water partition coefficient (Wildman–Crippen LogP) is 3.28. The number of hydrogen-bond donors (Lipinski definition) is 1. The van der Waals surface area contributed by atoms with Gasteiger partial charge in [-0.1, -0.05) is 64.7 Å². The minimum atomic E-state index is -4.71. The van der Waals surface area contributed by atoms with Crippen molar-refractivity contribution in [2.24, 2.45) is 0 Å². The predicted molar refractivity (Wildman–Crippen MR) is 105 cm³/mol. The van der Waals surface area contributed by atoms with E-state index in [4.69, 9.17) is 9.29 Å². The molecule has 0 amide bonds. The quantitative estimate of drug-likeness (QED) is 0.178. The Morgan fingerprint density at radius 1 is 0.852 bits per heavy atom. The molecule has 0 spiro atoms. The first-order chi connectivity index (χ1) is 12.3. The fourth-order valence-corrected chi connectivity index (χ4v) is 3.19. The summed E-state index contributed by atoms with van der Waals surface area (Å²) in [5.41, 5.74) is 0. The molecule has 9 heteroatoms. The minimum absolute atomic E-state index is 0. The summed E-state index contributed by atoms with van der Waals surface area (Å²) in [7, 11) is -4.71. The molecule has 1 unspecified atom stereocenters. The van der Waals surface area contributed by atoms with Gasteiger partial charge in [-0.3, -0.25) is 14.1 Å². The summed E-state index contributed by atoms with van der Waals surface area (Å²) in [6, 6.07) is 0. The minimum Gasteiger partial charge on any atom is -0.466 e. The average molecular weight is 418 g/mol. The SMILES string of the molecule is CCCCCCCCCCCCOC(=O)CC(C(=O)OCC)S(=O)(=O)O.[Na]. The fourth-order valence-electron chi connectivity index (χ4n) is 2.53. The maximum absolute atomic E-state index is 11.7. The second-order valence-electron chi connectivity index (χ2n) is 6.36. The Morgan fingerprint density at radius 2 is 1.33 bits per heavy atom. The van der Waals surface area contributed by atoms with E-state index in [1.165, 1.54) is 45.4 Å². The molecule has 1 atom stereocenters. The van der Waals surface area contributed by atoms with E-state index in [9.17, 15) is 18.0 Å². The van der Waals surface area contributed by atoms with Gasteiger partial charge < -0.3 is 9.47 Å². The summed E-state index contributed by atoms with van der Waals surface area (Å²) in [5, 5.41) is -1.93. The molecular weight excluding hydrogens is 383 g/mol. The van der Waals surface area contributed by atoms with Gasteiger partial charge in [0, 0.05) is 29.6 Å². The molecule has 1 N–H and O–H groups in total. The molecule has 0 aliphatic carbocycles. The Bertz CT molecular complexity index is 494. The monoisotopic (exact) mass is 417 g/mol. The van der Waals surface area contributed by atoms with Crippen LogP contribution >= 0.6 is 0 Å². The molecule has 155 valence electrons. The van der Waals surface area contributed by atoms with Crippen molar-refractivity contribution >= 4 is 51.6 Å². The summed E-state index contributed by atoms with van der Waals surface area (Å²) in [4.78, 5) is 23.2. The van der Waals surface area contributed by atoms with Crippen molar-refractivity contribution in [3.63, 3.8) is 0 Å². The zero-order chi connectivity index (χ0) is 19.8. The summed E-state index contributed by atoms with van der Waals surface area (Å²) in [5.74, 6) is -1.98. The Labute approximate surface area is 186 Å². The van der Waals surface area contributed by atoms with Gasteiger partial charge in [0.25, 0.3) is 10.1 Å². The number of esters is 2. The van der Waals surface area contributed by atoms with Crippen LogP contribution in [0.5, 0.6) is 0 Å². The zero-order valence-corrected chi connectivity index (χ0v) is 19.9. The molecular formula is C18H34NaO7S. The maximum Gasteiger partial charge on any atom is 0.327 e. The van der Waals surface area contributed by atoms with Crippen LogP contribution < -0.4 is 0 Å². The maximum atomic E-state index is 11.7. The van der Waals surface area contributed by atoms with Crippen molar-refractivity contribution in [3.05, 3.63) is 0 Å². The van der Waals surface area contributed by atoms with Crippen molar-refractivity contribution in [1.82, 2.24) is 0 Å². The number of unbranched alkanes of at least 4 members (excludes halogenated alkanes) is 9. The van der Waals surface area contributed by atoms with Gasteiger partial charge >= 0.3 is 11.9 Å². The molecule has 0 rings (SSSR count). The smallest absolute Gasteiger partial charge is 0.327 e. The fraction of sp³-hybridized carbons (Fsp3) is 0.889. The van der Waals surface area contributed by atoms with Crippen LogP contribution in [0, 0.1) is 0 Å². The molecule has 0 bridgehead atoms. The topological polar surface area (TPSA) is 107 Å². The molecule has 27 heavy (non-hydrogen) atoms. The normalized spacial score (nSPS) is 12.1. The van der Waals surface area contributed by atoms with Crippen molar-refractivity contribution in [2.45, 2.75) is 89.7 Å². The van der Waals surface area contributed by atoms with E-state index in [0.717, 1.165) is 19.3 Å². The molecule has 0 aromatic carbocycles. The van der Waals surface area contributed by atoms with E-state index in [-0.39, 0.29) is 42.8 Å². The largest absolute Gasteiger partial charge is 0.466 e. The molecule has 0 aliphatic rings. The summed E-state index contributed by atoms with van der Waals surface area (Å²) < 4.78 is 40.9. The average Bonchev–Trinajstić information content (AvgIpc) is 2.56. The van der Waals surface area contributed by atoms with Crippen molar-refractivity contribution in [2.75, 3.05) is 13.2 Å². The van der Waals surface area contributed by atoms with Gasteiger partial charge in [0.2, 0.25) is 0 Å². The van der Waals surface area contributed by atoms with Crippen molar-refractivity contribution in [1.29, 1.82) is 0 Å². The van der Waals surface area contributed by atoms with Gasteiger partial charge in [0.1, 0.15) is 0 Å². The first-order valence-corrected chi connectivity index (χ1v) is 11.1. The van der Waals surface area contributed by atoms with Gasteiger partial charge in [-0.2, -0.15) is 8.42 Å². The molecule has 0 aromatic heterocycles. The molecule has 0 saturated carbocycles. The van der Waals surface area contributed by atoms with Crippen LogP contribution in [0.2, 0.25) is 0 Å². The Kier molecular flexibility index (Phi) is 19.3. The van der Waals surface area contributed by atoms with Gasteiger partial charge in [-0.05, 0) is 13.3 Å². The molecule has 1 radical (unpaired) electrons. The van der Waals surface area contributed by atoms with Crippen LogP contribution in [-0.2, 0) is 29.2 Å². The van der Waals surface area contributed by atoms with E-state index in [2.05, 4.69) is 11.7 Å². The molecule has 0 saturated heterocycles. The first-order valence-electron chi connectivity index (χ1n) is 9.61. The first kappa shape index (κ1) is 29.1. The van der Waals surface area contributed by atoms with Crippen molar-refractivity contribution < 1.29 is 32.0 Å². The third-order valence-electron chi connectivity index (χ3n) is 4.02. The standard InChI is InChI=1S/C18H34O7S.Na/c1-3-5-6-7-8-9-10-11-12-13-14-25-17(19)15-16(26(21,22)23)18(20)24-4-2;/h16H,3-15H2,1-2H3,(H,21,22,23);. The number of hydrogen-bond acceptors (Lipinski definition) is 6. The number of rotatable bonds is 16. The van der Waals surface area contributed by atoms with E-state index >= 15 is 0 Å². The van der Waals surface area contributed by atoms with Gasteiger partial charge in [-0.15, -0.1) is 0 Å². The molecule has 0 fully saturated rings.